The molecule has 0 spiro atoms. The molecular weight excluding hydrogens is 551 g/mol. The summed E-state index contributed by atoms with van der Waals surface area (Å²) in [6, 6.07) is 20.9. The van der Waals surface area contributed by atoms with Crippen molar-refractivity contribution < 1.29 is 9.59 Å². The fourth-order valence-corrected chi connectivity index (χ4v) is 6.24. The summed E-state index contributed by atoms with van der Waals surface area (Å²) in [6.07, 6.45) is 2.69. The summed E-state index contributed by atoms with van der Waals surface area (Å²) in [5.74, 6) is -0.257. The van der Waals surface area contributed by atoms with Crippen LogP contribution in [0.25, 0.3) is 6.08 Å². The van der Waals surface area contributed by atoms with Gasteiger partial charge in [-0.1, -0.05) is 59.2 Å². The van der Waals surface area contributed by atoms with E-state index in [0.29, 0.717) is 22.0 Å². The molecular formula is C30H30Cl2N4O2S. The van der Waals surface area contributed by atoms with E-state index >= 15 is 0 Å². The number of halogens is 2. The second kappa shape index (κ2) is 12.5. The Kier molecular flexibility index (Phi) is 8.82. The summed E-state index contributed by atoms with van der Waals surface area (Å²) in [7, 11) is 1.73. The predicted molar refractivity (Wildman–Crippen MR) is 162 cm³/mol. The van der Waals surface area contributed by atoms with E-state index in [1.54, 1.807) is 24.1 Å². The number of rotatable bonds is 7. The van der Waals surface area contributed by atoms with E-state index in [9.17, 15) is 9.59 Å². The van der Waals surface area contributed by atoms with E-state index in [4.69, 9.17) is 23.2 Å². The lowest BCUT2D eigenvalue weighted by molar-refractivity contribution is -0.114. The molecule has 0 unspecified atom stereocenters. The molecule has 2 aliphatic rings. The first-order valence-corrected chi connectivity index (χ1v) is 14.5. The third-order valence-electron chi connectivity index (χ3n) is 6.99. The van der Waals surface area contributed by atoms with Crippen LogP contribution in [0.4, 0.5) is 11.4 Å². The molecule has 9 heteroatoms. The van der Waals surface area contributed by atoms with Crippen molar-refractivity contribution in [1.82, 2.24) is 10.2 Å². The van der Waals surface area contributed by atoms with E-state index in [-0.39, 0.29) is 11.8 Å². The van der Waals surface area contributed by atoms with E-state index in [1.807, 2.05) is 54.6 Å². The van der Waals surface area contributed by atoms with Crippen LogP contribution in [0.1, 0.15) is 22.3 Å². The molecule has 0 bridgehead atoms. The lowest BCUT2D eigenvalue weighted by atomic mass is 10.1. The van der Waals surface area contributed by atoms with Crippen molar-refractivity contribution in [3.63, 3.8) is 0 Å². The Hall–Kier alpha value is -2.97. The molecule has 6 nitrogen and oxygen atoms in total. The van der Waals surface area contributed by atoms with Gasteiger partial charge in [0.2, 0.25) is 0 Å². The number of nitrogens with one attached hydrogen (secondary N) is 1. The van der Waals surface area contributed by atoms with E-state index in [0.717, 1.165) is 66.0 Å². The molecule has 0 saturated carbocycles. The molecule has 2 aliphatic heterocycles. The van der Waals surface area contributed by atoms with E-state index in [1.165, 1.54) is 11.8 Å². The lowest BCUT2D eigenvalue weighted by Gasteiger charge is -2.36. The summed E-state index contributed by atoms with van der Waals surface area (Å²) in [6.45, 7) is 5.41. The van der Waals surface area contributed by atoms with Gasteiger partial charge in [0, 0.05) is 66.0 Å². The van der Waals surface area contributed by atoms with Crippen LogP contribution in [0, 0.1) is 0 Å². The van der Waals surface area contributed by atoms with Gasteiger partial charge in [-0.15, -0.1) is 0 Å². The summed E-state index contributed by atoms with van der Waals surface area (Å²) in [5, 5.41) is 4.39. The lowest BCUT2D eigenvalue weighted by Crippen LogP contribution is -2.47. The fraction of sp³-hybridized carbons (Fsp3) is 0.267. The topological polar surface area (TPSA) is 55.9 Å². The van der Waals surface area contributed by atoms with Crippen LogP contribution in [0.3, 0.4) is 0 Å². The van der Waals surface area contributed by atoms with Gasteiger partial charge in [-0.05, 0) is 67.1 Å². The highest BCUT2D eigenvalue weighted by molar-refractivity contribution is 8.04. The number of fused-ring (bicyclic) bond motifs is 1. The second-order valence-corrected chi connectivity index (χ2v) is 11.5. The average molecular weight is 582 g/mol. The van der Waals surface area contributed by atoms with Crippen molar-refractivity contribution >= 4 is 64.2 Å². The van der Waals surface area contributed by atoms with Crippen molar-refractivity contribution in [2.45, 2.75) is 11.3 Å². The summed E-state index contributed by atoms with van der Waals surface area (Å²) >= 11 is 13.8. The number of benzene rings is 3. The molecule has 1 N–H and O–H groups in total. The Bertz CT molecular complexity index is 1410. The molecule has 39 heavy (non-hydrogen) atoms. The zero-order valence-corrected chi connectivity index (χ0v) is 24.0. The maximum absolute atomic E-state index is 13.0. The minimum Gasteiger partial charge on any atom is -0.369 e. The normalized spacial score (nSPS) is 16.9. The minimum absolute atomic E-state index is 0.125. The molecule has 1 fully saturated rings. The van der Waals surface area contributed by atoms with Crippen LogP contribution in [0.5, 0.6) is 0 Å². The molecule has 202 valence electrons. The third-order valence-corrected chi connectivity index (χ3v) is 8.65. The predicted octanol–water partition coefficient (Wildman–Crippen LogP) is 6.05. The Morgan fingerprint density at radius 1 is 1.00 bits per heavy atom. The van der Waals surface area contributed by atoms with Gasteiger partial charge in [-0.25, -0.2) is 0 Å². The van der Waals surface area contributed by atoms with E-state index < -0.39 is 0 Å². The van der Waals surface area contributed by atoms with Crippen LogP contribution < -0.4 is 15.1 Å². The molecule has 5 rings (SSSR count). The number of piperazine rings is 1. The monoisotopic (exact) mass is 580 g/mol. The Morgan fingerprint density at radius 2 is 1.79 bits per heavy atom. The number of anilines is 2. The number of nitrogens with zero attached hydrogens (tertiary/aromatic N) is 3. The summed E-state index contributed by atoms with van der Waals surface area (Å²) < 4.78 is 0. The van der Waals surface area contributed by atoms with Crippen molar-refractivity contribution in [2.75, 3.05) is 56.1 Å². The van der Waals surface area contributed by atoms with Crippen molar-refractivity contribution in [2.24, 2.45) is 0 Å². The van der Waals surface area contributed by atoms with Gasteiger partial charge < -0.3 is 15.1 Å². The Balaban J connectivity index is 1.12. The number of hydrogen-bond donors (Lipinski definition) is 1. The molecule has 2 heterocycles. The first-order chi connectivity index (χ1) is 18.9. The van der Waals surface area contributed by atoms with Crippen LogP contribution >= 0.6 is 35.0 Å². The fourth-order valence-electron chi connectivity index (χ4n) is 4.78. The smallest absolute Gasteiger partial charge is 0.264 e. The highest BCUT2D eigenvalue weighted by Gasteiger charge is 2.27. The number of carbonyl (C=O) groups excluding carboxylic acids is 2. The average Bonchev–Trinajstić information content (AvgIpc) is 2.95. The first kappa shape index (κ1) is 27.6. The molecule has 1 saturated heterocycles. The summed E-state index contributed by atoms with van der Waals surface area (Å²) in [5.41, 5.74) is 3.23. The maximum Gasteiger partial charge on any atom is 0.264 e. The third kappa shape index (κ3) is 6.61. The van der Waals surface area contributed by atoms with Gasteiger partial charge in [-0.3, -0.25) is 14.5 Å². The van der Waals surface area contributed by atoms with Crippen LogP contribution in [-0.2, 0) is 4.79 Å². The molecule has 0 radical (unpaired) electrons. The SMILES string of the molecule is CN1C(=O)/C(=C/c2ccccc2Cl)Sc2ccc(C(=O)NCCCN3CCN(c4cccc(Cl)c4)CC3)cc21. The zero-order chi connectivity index (χ0) is 27.4. The maximum atomic E-state index is 13.0. The van der Waals surface area contributed by atoms with Gasteiger partial charge in [-0.2, -0.15) is 0 Å². The van der Waals surface area contributed by atoms with Crippen molar-refractivity contribution in [3.8, 4) is 0 Å². The highest BCUT2D eigenvalue weighted by atomic mass is 35.5. The molecule has 3 aromatic rings. The largest absolute Gasteiger partial charge is 0.369 e. The van der Waals surface area contributed by atoms with Crippen molar-refractivity contribution in [3.05, 3.63) is 92.8 Å². The van der Waals surface area contributed by atoms with E-state index in [2.05, 4.69) is 21.2 Å². The molecule has 2 amide bonds. The van der Waals surface area contributed by atoms with Gasteiger partial charge in [0.25, 0.3) is 11.8 Å². The quantitative estimate of drug-likeness (QED) is 0.272. The second-order valence-electron chi connectivity index (χ2n) is 9.60. The number of amides is 2. The Labute approximate surface area is 243 Å². The number of thioether (sulfide) groups is 1. The van der Waals surface area contributed by atoms with Gasteiger partial charge >= 0.3 is 0 Å². The van der Waals surface area contributed by atoms with Gasteiger partial charge in [0.05, 0.1) is 10.6 Å². The van der Waals surface area contributed by atoms with Gasteiger partial charge in [0.1, 0.15) is 0 Å². The molecule has 3 aromatic carbocycles. The highest BCUT2D eigenvalue weighted by Crippen LogP contribution is 2.42. The van der Waals surface area contributed by atoms with Crippen LogP contribution in [0.15, 0.2) is 76.5 Å². The minimum atomic E-state index is -0.133. The number of carbonyl (C=O) groups is 2. The number of hydrogen-bond acceptors (Lipinski definition) is 5. The summed E-state index contributed by atoms with van der Waals surface area (Å²) in [4.78, 5) is 33.8. The van der Waals surface area contributed by atoms with Gasteiger partial charge in [0.15, 0.2) is 0 Å². The van der Waals surface area contributed by atoms with Crippen molar-refractivity contribution in [1.29, 1.82) is 0 Å². The first-order valence-electron chi connectivity index (χ1n) is 13.0. The molecule has 0 aromatic heterocycles. The molecule has 0 atom stereocenters. The van der Waals surface area contributed by atoms with Crippen LogP contribution in [0.2, 0.25) is 10.0 Å². The Morgan fingerprint density at radius 3 is 2.56 bits per heavy atom. The number of likely N-dealkylation sites (N-methyl/N-ethyl adjacent to an activating group) is 1. The molecule has 0 aliphatic carbocycles. The zero-order valence-electron chi connectivity index (χ0n) is 21.7. The standard InChI is InChI=1S/C30H30Cl2N4O2S/c1-34-26-18-22(10-11-27(26)39-28(30(34)38)19-21-6-2-3-9-25(21)32)29(37)33-12-5-13-35-14-16-36(17-15-35)24-8-4-7-23(31)20-24/h2-4,6-11,18-20H,5,12-17H2,1H3,(H,33,37)/b28-19-. The van der Waals surface area contributed by atoms with Crippen LogP contribution in [-0.4, -0.2) is 63.0 Å².